The van der Waals surface area contributed by atoms with E-state index in [9.17, 15) is 0 Å². The number of ether oxygens (including phenoxy) is 2. The van der Waals surface area contributed by atoms with Gasteiger partial charge in [0.05, 0.1) is 0 Å². The van der Waals surface area contributed by atoms with Gasteiger partial charge in [-0.1, -0.05) is 73.5 Å². The molecule has 4 rings (SSSR count). The molecule has 4 aromatic carbocycles. The average Bonchev–Trinajstić information content (AvgIpc) is 2.85. The molecule has 184 valence electrons. The zero-order chi connectivity index (χ0) is 26.7. The van der Waals surface area contributed by atoms with Gasteiger partial charge in [0.15, 0.2) is 0 Å². The second-order valence-corrected chi connectivity index (χ2v) is 10.1. The molecule has 0 heterocycles. The fraction of sp³-hybridized carbons (Fsp3) is 0.212. The van der Waals surface area contributed by atoms with Crippen molar-refractivity contribution in [2.45, 2.75) is 47.0 Å². The number of benzene rings is 4. The molecule has 0 atom stereocenters. The lowest BCUT2D eigenvalue weighted by Gasteiger charge is -2.33. The highest BCUT2D eigenvalue weighted by Crippen LogP contribution is 2.45. The molecule has 4 nitrogen and oxygen atoms in total. The van der Waals surface area contributed by atoms with E-state index >= 15 is 0 Å². The highest BCUT2D eigenvalue weighted by atomic mass is 16.5. The minimum atomic E-state index is -0.345. The third-order valence-electron chi connectivity index (χ3n) is 6.92. The first-order valence-electron chi connectivity index (χ1n) is 12.2. The van der Waals surface area contributed by atoms with Crippen LogP contribution in [0.2, 0.25) is 0 Å². The summed E-state index contributed by atoms with van der Waals surface area (Å²) in [6.07, 6.45) is 3.48. The van der Waals surface area contributed by atoms with Gasteiger partial charge in [-0.15, -0.1) is 10.5 Å². The van der Waals surface area contributed by atoms with Crippen LogP contribution in [0.25, 0.3) is 22.3 Å². The predicted molar refractivity (Wildman–Crippen MR) is 147 cm³/mol. The molecule has 0 amide bonds. The normalized spacial score (nSPS) is 10.9. The lowest BCUT2D eigenvalue weighted by atomic mass is 9.70. The Bertz CT molecular complexity index is 1420. The molecule has 0 fully saturated rings. The zero-order valence-corrected chi connectivity index (χ0v) is 22.1. The van der Waals surface area contributed by atoms with Crippen molar-refractivity contribution in [3.8, 4) is 46.3 Å². The van der Waals surface area contributed by atoms with Gasteiger partial charge in [0.2, 0.25) is 0 Å². The molecule has 0 aliphatic carbocycles. The van der Waals surface area contributed by atoms with E-state index in [1.165, 1.54) is 44.5 Å². The highest BCUT2D eigenvalue weighted by Gasteiger charge is 2.31. The summed E-state index contributed by atoms with van der Waals surface area (Å²) in [5.41, 5.74) is 11.4. The van der Waals surface area contributed by atoms with Gasteiger partial charge in [-0.2, -0.15) is 0 Å². The van der Waals surface area contributed by atoms with Crippen molar-refractivity contribution in [1.82, 2.24) is 0 Å². The number of hydrogen-bond donors (Lipinski definition) is 0. The number of rotatable bonds is 6. The second-order valence-electron chi connectivity index (χ2n) is 10.1. The first kappa shape index (κ1) is 25.5. The van der Waals surface area contributed by atoms with Crippen LogP contribution in [0.1, 0.15) is 47.2 Å². The fourth-order valence-corrected chi connectivity index (χ4v) is 5.32. The SMILES string of the molecule is Cc1cc(C)c(-c2ccc(OC#N)cc2)c(C(C)(C)c2cc(C)cc(C)c2-c2ccc(OC#N)cc2)c1. The summed E-state index contributed by atoms with van der Waals surface area (Å²) in [6.45, 7) is 13.1. The van der Waals surface area contributed by atoms with E-state index in [2.05, 4.69) is 65.8 Å². The van der Waals surface area contributed by atoms with Gasteiger partial charge in [-0.3, -0.25) is 0 Å². The molecule has 4 aromatic rings. The van der Waals surface area contributed by atoms with E-state index in [0.717, 1.165) is 11.1 Å². The smallest absolute Gasteiger partial charge is 0.292 e. The number of nitriles is 2. The molecule has 0 bridgehead atoms. The summed E-state index contributed by atoms with van der Waals surface area (Å²) in [5.74, 6) is 1.05. The van der Waals surface area contributed by atoms with E-state index in [1.54, 1.807) is 12.5 Å². The van der Waals surface area contributed by atoms with Gasteiger partial charge in [-0.25, -0.2) is 0 Å². The van der Waals surface area contributed by atoms with Gasteiger partial charge in [0.1, 0.15) is 11.5 Å². The lowest BCUT2D eigenvalue weighted by molar-refractivity contribution is 0.507. The van der Waals surface area contributed by atoms with Gasteiger partial charge in [0, 0.05) is 5.41 Å². The molecular formula is C33H30N2O2. The lowest BCUT2D eigenvalue weighted by Crippen LogP contribution is -2.22. The zero-order valence-electron chi connectivity index (χ0n) is 22.1. The van der Waals surface area contributed by atoms with Crippen molar-refractivity contribution in [3.63, 3.8) is 0 Å². The quantitative estimate of drug-likeness (QED) is 0.257. The summed E-state index contributed by atoms with van der Waals surface area (Å²) < 4.78 is 10.0. The Kier molecular flexibility index (Phi) is 7.05. The summed E-state index contributed by atoms with van der Waals surface area (Å²) >= 11 is 0. The van der Waals surface area contributed by atoms with Gasteiger partial charge in [0.25, 0.3) is 12.5 Å². The molecule has 0 unspecified atom stereocenters. The Morgan fingerprint density at radius 2 is 0.919 bits per heavy atom. The maximum Gasteiger partial charge on any atom is 0.292 e. The van der Waals surface area contributed by atoms with Crippen LogP contribution in [0.5, 0.6) is 11.5 Å². The van der Waals surface area contributed by atoms with Crippen LogP contribution in [0.3, 0.4) is 0 Å². The summed E-state index contributed by atoms with van der Waals surface area (Å²) in [7, 11) is 0. The molecule has 37 heavy (non-hydrogen) atoms. The highest BCUT2D eigenvalue weighted by molar-refractivity contribution is 5.79. The molecule has 0 saturated heterocycles. The van der Waals surface area contributed by atoms with Crippen molar-refractivity contribution in [2.24, 2.45) is 0 Å². The number of nitrogens with zero attached hydrogens (tertiary/aromatic N) is 2. The van der Waals surface area contributed by atoms with Crippen molar-refractivity contribution in [2.75, 3.05) is 0 Å². The average molecular weight is 487 g/mol. The van der Waals surface area contributed by atoms with E-state index in [-0.39, 0.29) is 5.41 Å². The maximum absolute atomic E-state index is 8.87. The Morgan fingerprint density at radius 3 is 1.24 bits per heavy atom. The molecule has 0 aliphatic rings. The molecule has 0 aliphatic heterocycles. The summed E-state index contributed by atoms with van der Waals surface area (Å²) in [5, 5.41) is 17.7. The van der Waals surface area contributed by atoms with Crippen LogP contribution in [0.15, 0.2) is 72.8 Å². The van der Waals surface area contributed by atoms with E-state index in [0.29, 0.717) is 11.5 Å². The summed E-state index contributed by atoms with van der Waals surface area (Å²) in [4.78, 5) is 0. The van der Waals surface area contributed by atoms with E-state index < -0.39 is 0 Å². The molecule has 4 heteroatoms. The van der Waals surface area contributed by atoms with Crippen molar-refractivity contribution in [1.29, 1.82) is 10.5 Å². The van der Waals surface area contributed by atoms with Crippen LogP contribution >= 0.6 is 0 Å². The molecule has 0 saturated carbocycles. The van der Waals surface area contributed by atoms with Gasteiger partial charge < -0.3 is 9.47 Å². The van der Waals surface area contributed by atoms with Crippen molar-refractivity contribution in [3.05, 3.63) is 106 Å². The Labute approximate surface area is 219 Å². The monoisotopic (exact) mass is 486 g/mol. The summed E-state index contributed by atoms with van der Waals surface area (Å²) in [6, 6.07) is 24.4. The molecule has 0 radical (unpaired) electrons. The molecular weight excluding hydrogens is 456 g/mol. The van der Waals surface area contributed by atoms with Gasteiger partial charge >= 0.3 is 0 Å². The van der Waals surface area contributed by atoms with Crippen LogP contribution in [0.4, 0.5) is 0 Å². The topological polar surface area (TPSA) is 66.0 Å². The molecule has 0 aromatic heterocycles. The first-order chi connectivity index (χ1) is 17.6. The van der Waals surface area contributed by atoms with Crippen molar-refractivity contribution >= 4 is 0 Å². The second kappa shape index (κ2) is 10.2. The largest absolute Gasteiger partial charge is 0.388 e. The van der Waals surface area contributed by atoms with Crippen LogP contribution in [-0.4, -0.2) is 0 Å². The minimum Gasteiger partial charge on any atom is -0.388 e. The van der Waals surface area contributed by atoms with Crippen LogP contribution < -0.4 is 9.47 Å². The van der Waals surface area contributed by atoms with E-state index in [1.807, 2.05) is 48.5 Å². The third kappa shape index (κ3) is 5.06. The van der Waals surface area contributed by atoms with Gasteiger partial charge in [-0.05, 0) is 96.5 Å². The van der Waals surface area contributed by atoms with Crippen molar-refractivity contribution < 1.29 is 9.47 Å². The minimum absolute atomic E-state index is 0.345. The Balaban J connectivity index is 1.95. The van der Waals surface area contributed by atoms with Crippen LogP contribution in [0, 0.1) is 50.7 Å². The maximum atomic E-state index is 8.87. The first-order valence-corrected chi connectivity index (χ1v) is 12.2. The molecule has 0 N–H and O–H groups in total. The third-order valence-corrected chi connectivity index (χ3v) is 6.92. The predicted octanol–water partition coefficient (Wildman–Crippen LogP) is 8.30. The number of aryl methyl sites for hydroxylation is 4. The fourth-order valence-electron chi connectivity index (χ4n) is 5.32. The van der Waals surface area contributed by atoms with Crippen LogP contribution in [-0.2, 0) is 5.41 Å². The number of hydrogen-bond acceptors (Lipinski definition) is 4. The molecule has 0 spiro atoms. The van der Waals surface area contributed by atoms with E-state index in [4.69, 9.17) is 20.0 Å². The Hall–Kier alpha value is -4.54. The standard InChI is InChI=1S/C33H30N2O2/c1-21-15-23(3)31(25-7-11-27(12-8-25)36-19-34)29(17-21)33(5,6)30-18-22(2)16-24(4)32(30)26-9-13-28(14-10-26)37-20-35/h7-18H,1-6H3. The Morgan fingerprint density at radius 1 is 0.568 bits per heavy atom.